The summed E-state index contributed by atoms with van der Waals surface area (Å²) in [6, 6.07) is 22.2. The number of hydrogen-bond acceptors (Lipinski definition) is 7. The van der Waals surface area contributed by atoms with Crippen LogP contribution in [0.2, 0.25) is 0 Å². The maximum absolute atomic E-state index is 13.1. The molecule has 3 aromatic rings. The van der Waals surface area contributed by atoms with Gasteiger partial charge in [0.15, 0.2) is 0 Å². The minimum absolute atomic E-state index is 0.0988. The molecule has 0 amide bonds. The Bertz CT molecular complexity index is 1370. The number of sulfonamides is 1. The van der Waals surface area contributed by atoms with Gasteiger partial charge in [-0.3, -0.25) is 15.0 Å². The van der Waals surface area contributed by atoms with Crippen LogP contribution >= 0.6 is 15.9 Å². The van der Waals surface area contributed by atoms with Gasteiger partial charge in [-0.15, -0.1) is 0 Å². The lowest BCUT2D eigenvalue weighted by atomic mass is 10.1. The molecule has 9 nitrogen and oxygen atoms in total. The van der Waals surface area contributed by atoms with Gasteiger partial charge in [0.05, 0.1) is 9.82 Å². The molecular weight excluding hydrogens is 570 g/mol. The first kappa shape index (κ1) is 26.6. The molecule has 200 valence electrons. The first-order chi connectivity index (χ1) is 18.3. The molecule has 2 aliphatic rings. The molecule has 5 rings (SSSR count). The first-order valence-corrected chi connectivity index (χ1v) is 14.8. The molecule has 0 spiro atoms. The summed E-state index contributed by atoms with van der Waals surface area (Å²) in [7, 11) is -3.57. The molecule has 0 aliphatic carbocycles. The van der Waals surface area contributed by atoms with Gasteiger partial charge in [0.25, 0.3) is 5.69 Å². The van der Waals surface area contributed by atoms with Crippen LogP contribution in [0.3, 0.4) is 0 Å². The maximum Gasteiger partial charge on any atom is 0.292 e. The van der Waals surface area contributed by atoms with E-state index in [4.69, 9.17) is 0 Å². The van der Waals surface area contributed by atoms with Crippen molar-refractivity contribution in [2.45, 2.75) is 11.4 Å². The number of halogens is 1. The smallest absolute Gasteiger partial charge is 0.292 e. The first-order valence-electron chi connectivity index (χ1n) is 12.6. The molecule has 0 aromatic heterocycles. The van der Waals surface area contributed by atoms with E-state index in [1.807, 2.05) is 24.3 Å². The van der Waals surface area contributed by atoms with E-state index in [0.29, 0.717) is 45.0 Å². The zero-order valence-electron chi connectivity index (χ0n) is 20.9. The van der Waals surface area contributed by atoms with Gasteiger partial charge in [0, 0.05) is 75.1 Å². The lowest BCUT2D eigenvalue weighted by molar-refractivity contribution is -0.384. The van der Waals surface area contributed by atoms with Crippen LogP contribution in [0.1, 0.15) is 5.56 Å². The fraction of sp³-hybridized carbons (Fsp3) is 0.333. The number of nitro groups is 1. The Morgan fingerprint density at radius 1 is 0.789 bits per heavy atom. The summed E-state index contributed by atoms with van der Waals surface area (Å²) in [4.78, 5) is 18.4. The van der Waals surface area contributed by atoms with E-state index in [0.717, 1.165) is 29.8 Å². The highest BCUT2D eigenvalue weighted by Gasteiger charge is 2.30. The average molecular weight is 601 g/mol. The maximum atomic E-state index is 13.1. The van der Waals surface area contributed by atoms with Gasteiger partial charge in [0.1, 0.15) is 5.69 Å². The third kappa shape index (κ3) is 5.85. The minimum atomic E-state index is -3.57. The van der Waals surface area contributed by atoms with Crippen LogP contribution in [0.4, 0.5) is 17.1 Å². The molecule has 0 N–H and O–H groups in total. The number of hydrogen-bond donors (Lipinski definition) is 0. The van der Waals surface area contributed by atoms with Gasteiger partial charge in [-0.25, -0.2) is 8.42 Å². The van der Waals surface area contributed by atoms with Crippen molar-refractivity contribution in [3.05, 3.63) is 92.9 Å². The monoisotopic (exact) mass is 599 g/mol. The highest BCUT2D eigenvalue weighted by molar-refractivity contribution is 9.10. The van der Waals surface area contributed by atoms with Crippen LogP contribution < -0.4 is 9.80 Å². The third-order valence-corrected chi connectivity index (χ3v) is 9.61. The number of anilines is 2. The SMILES string of the molecule is O=[N+]([O-])c1ccc(N2CCN(S(=O)(=O)c3ccc(Br)cc3)CC2)cc1N1CCN(Cc2ccccc2)CC1. The predicted molar refractivity (Wildman–Crippen MR) is 152 cm³/mol. The molecule has 2 fully saturated rings. The summed E-state index contributed by atoms with van der Waals surface area (Å²) in [5.41, 5.74) is 2.85. The fourth-order valence-electron chi connectivity index (χ4n) is 5.05. The van der Waals surface area contributed by atoms with Gasteiger partial charge in [-0.2, -0.15) is 4.31 Å². The van der Waals surface area contributed by atoms with Crippen molar-refractivity contribution < 1.29 is 13.3 Å². The van der Waals surface area contributed by atoms with Crippen LogP contribution in [-0.4, -0.2) is 74.9 Å². The molecule has 38 heavy (non-hydrogen) atoms. The molecule has 0 saturated carbocycles. The van der Waals surface area contributed by atoms with Crippen LogP contribution in [0, 0.1) is 10.1 Å². The van der Waals surface area contributed by atoms with E-state index in [2.05, 4.69) is 42.8 Å². The van der Waals surface area contributed by atoms with Gasteiger partial charge in [-0.05, 0) is 42.0 Å². The molecule has 0 atom stereocenters. The Morgan fingerprint density at radius 2 is 1.42 bits per heavy atom. The quantitative estimate of drug-likeness (QED) is 0.297. The van der Waals surface area contributed by atoms with Gasteiger partial charge in [-0.1, -0.05) is 46.3 Å². The average Bonchev–Trinajstić information content (AvgIpc) is 2.94. The van der Waals surface area contributed by atoms with Crippen LogP contribution in [0.15, 0.2) is 82.2 Å². The van der Waals surface area contributed by atoms with E-state index in [-0.39, 0.29) is 15.5 Å². The molecule has 3 aromatic carbocycles. The summed E-state index contributed by atoms with van der Waals surface area (Å²) < 4.78 is 28.5. The second-order valence-corrected chi connectivity index (χ2v) is 12.4. The third-order valence-electron chi connectivity index (χ3n) is 7.17. The van der Waals surface area contributed by atoms with E-state index in [1.54, 1.807) is 36.4 Å². The summed E-state index contributed by atoms with van der Waals surface area (Å²) in [5, 5.41) is 11.8. The zero-order chi connectivity index (χ0) is 26.7. The van der Waals surface area contributed by atoms with E-state index in [9.17, 15) is 18.5 Å². The van der Waals surface area contributed by atoms with E-state index < -0.39 is 10.0 Å². The van der Waals surface area contributed by atoms with Gasteiger partial charge >= 0.3 is 0 Å². The molecule has 2 aliphatic heterocycles. The van der Waals surface area contributed by atoms with E-state index >= 15 is 0 Å². The summed E-state index contributed by atoms with van der Waals surface area (Å²) in [6.45, 7) is 5.64. The van der Waals surface area contributed by atoms with Crippen molar-refractivity contribution in [1.29, 1.82) is 0 Å². The summed E-state index contributed by atoms with van der Waals surface area (Å²) in [6.07, 6.45) is 0. The van der Waals surface area contributed by atoms with Crippen molar-refractivity contribution in [1.82, 2.24) is 9.21 Å². The van der Waals surface area contributed by atoms with Crippen molar-refractivity contribution in [3.8, 4) is 0 Å². The molecule has 0 radical (unpaired) electrons. The van der Waals surface area contributed by atoms with E-state index in [1.165, 1.54) is 9.87 Å². The Labute approximate surface area is 231 Å². The lowest BCUT2D eigenvalue weighted by Gasteiger charge is -2.37. The highest BCUT2D eigenvalue weighted by atomic mass is 79.9. The van der Waals surface area contributed by atoms with Crippen LogP contribution in [0.5, 0.6) is 0 Å². The van der Waals surface area contributed by atoms with Gasteiger partial charge in [0.2, 0.25) is 10.0 Å². The van der Waals surface area contributed by atoms with Crippen LogP contribution in [0.25, 0.3) is 0 Å². The summed E-state index contributed by atoms with van der Waals surface area (Å²) >= 11 is 3.34. The normalized spacial score (nSPS) is 17.5. The standard InChI is InChI=1S/C27H30BrN5O4S/c28-23-6-9-25(10-7-23)38(36,37)32-18-16-30(17-19-32)24-8-11-26(33(34)35)27(20-24)31-14-12-29(13-15-31)21-22-4-2-1-3-5-22/h1-11,20H,12-19,21H2. The molecule has 2 heterocycles. The number of rotatable bonds is 7. The number of nitrogens with zero attached hydrogens (tertiary/aromatic N) is 5. The largest absolute Gasteiger partial charge is 0.369 e. The fourth-order valence-corrected chi connectivity index (χ4v) is 6.73. The Morgan fingerprint density at radius 3 is 2.05 bits per heavy atom. The van der Waals surface area contributed by atoms with Crippen molar-refractivity contribution in [3.63, 3.8) is 0 Å². The zero-order valence-corrected chi connectivity index (χ0v) is 23.3. The number of nitro benzene ring substituents is 1. The lowest BCUT2D eigenvalue weighted by Crippen LogP contribution is -2.49. The van der Waals surface area contributed by atoms with Gasteiger partial charge < -0.3 is 9.80 Å². The topological polar surface area (TPSA) is 90.2 Å². The number of benzene rings is 3. The molecule has 0 bridgehead atoms. The second kappa shape index (κ2) is 11.4. The predicted octanol–water partition coefficient (Wildman–Crippen LogP) is 4.19. The Balaban J connectivity index is 1.26. The number of piperazine rings is 2. The molecular formula is C27H30BrN5O4S. The van der Waals surface area contributed by atoms with Crippen molar-refractivity contribution >= 4 is 43.0 Å². The Kier molecular flexibility index (Phi) is 7.98. The molecule has 0 unspecified atom stereocenters. The Hall–Kier alpha value is -2.99. The summed E-state index contributed by atoms with van der Waals surface area (Å²) in [5.74, 6) is 0. The van der Waals surface area contributed by atoms with Crippen molar-refractivity contribution in [2.75, 3.05) is 62.2 Å². The van der Waals surface area contributed by atoms with Crippen LogP contribution in [-0.2, 0) is 16.6 Å². The van der Waals surface area contributed by atoms with Crippen molar-refractivity contribution in [2.24, 2.45) is 0 Å². The molecule has 2 saturated heterocycles. The second-order valence-electron chi connectivity index (χ2n) is 9.52. The molecule has 11 heteroatoms. The minimum Gasteiger partial charge on any atom is -0.369 e. The highest BCUT2D eigenvalue weighted by Crippen LogP contribution is 2.34.